The number of carbonyl (C=O) groups is 1. The van der Waals surface area contributed by atoms with Gasteiger partial charge in [0, 0.05) is 17.9 Å². The maximum atomic E-state index is 14.6. The Bertz CT molecular complexity index is 1140. The molecule has 0 saturated carbocycles. The summed E-state index contributed by atoms with van der Waals surface area (Å²) in [6, 6.07) is 15.4. The largest absolute Gasteiger partial charge is 0.438 e. The van der Waals surface area contributed by atoms with E-state index < -0.39 is 11.7 Å². The smallest absolute Gasteiger partial charge is 0.228 e. The summed E-state index contributed by atoms with van der Waals surface area (Å²) in [5.41, 5.74) is 7.35. The van der Waals surface area contributed by atoms with Gasteiger partial charge in [-0.3, -0.25) is 9.36 Å². The lowest BCUT2D eigenvalue weighted by Crippen LogP contribution is -2.24. The maximum Gasteiger partial charge on any atom is 0.228 e. The molecule has 128 valence electrons. The number of carbonyl (C=O) groups excluding carboxylic acids is 1. The van der Waals surface area contributed by atoms with E-state index in [4.69, 9.17) is 10.5 Å². The third-order valence-corrected chi connectivity index (χ3v) is 4.55. The summed E-state index contributed by atoms with van der Waals surface area (Å²) in [4.78, 5) is 12.4. The van der Waals surface area contributed by atoms with Gasteiger partial charge in [-0.2, -0.15) is 5.26 Å². The Kier molecular flexibility index (Phi) is 3.51. The van der Waals surface area contributed by atoms with Crippen molar-refractivity contribution >= 4 is 16.8 Å². The highest BCUT2D eigenvalue weighted by atomic mass is 19.1. The fourth-order valence-electron chi connectivity index (χ4n) is 3.51. The van der Waals surface area contributed by atoms with Crippen molar-refractivity contribution in [2.24, 2.45) is 5.73 Å². The van der Waals surface area contributed by atoms with Crippen LogP contribution in [-0.4, -0.2) is 10.5 Å². The summed E-state index contributed by atoms with van der Waals surface area (Å²) >= 11 is 0. The van der Waals surface area contributed by atoms with E-state index in [0.29, 0.717) is 22.3 Å². The number of nitrogens with two attached hydrogens (primary N) is 1. The zero-order chi connectivity index (χ0) is 18.4. The van der Waals surface area contributed by atoms with Crippen LogP contribution in [0.3, 0.4) is 0 Å². The minimum Gasteiger partial charge on any atom is -0.438 e. The van der Waals surface area contributed by atoms with Crippen molar-refractivity contribution in [1.29, 1.82) is 5.26 Å². The molecule has 1 aliphatic rings. The second-order valence-corrected chi connectivity index (χ2v) is 6.03. The molecule has 0 aliphatic carbocycles. The molecule has 1 atom stereocenters. The van der Waals surface area contributed by atoms with E-state index in [1.54, 1.807) is 36.4 Å². The number of ether oxygens (including phenoxy) is 1. The van der Waals surface area contributed by atoms with Gasteiger partial charge in [-0.05, 0) is 18.2 Å². The lowest BCUT2D eigenvalue weighted by atomic mass is 9.86. The van der Waals surface area contributed by atoms with Crippen molar-refractivity contribution in [3.05, 3.63) is 77.1 Å². The Balaban J connectivity index is 2.15. The highest BCUT2D eigenvalue weighted by Gasteiger charge is 2.38. The summed E-state index contributed by atoms with van der Waals surface area (Å²) in [6.45, 7) is 1.42. The standard InChI is InChI=1S/C20H14FN3O2/c1-11(25)24-16-9-5-3-7-13(16)19-18(24)17(14(10-22)20(23)26-19)12-6-2-4-8-15(12)21/h2-9,17H,23H2,1H3. The van der Waals surface area contributed by atoms with Gasteiger partial charge in [-0.1, -0.05) is 30.3 Å². The van der Waals surface area contributed by atoms with Gasteiger partial charge in [0.15, 0.2) is 5.75 Å². The van der Waals surface area contributed by atoms with Gasteiger partial charge in [0.2, 0.25) is 11.8 Å². The molecule has 5 nitrogen and oxygen atoms in total. The molecule has 0 radical (unpaired) electrons. The first kappa shape index (κ1) is 15.9. The number of allylic oxidation sites excluding steroid dienone is 1. The van der Waals surface area contributed by atoms with Crippen LogP contribution in [0.1, 0.15) is 28.9 Å². The topological polar surface area (TPSA) is 81.0 Å². The first-order chi connectivity index (χ1) is 12.5. The van der Waals surface area contributed by atoms with Crippen molar-refractivity contribution < 1.29 is 13.9 Å². The lowest BCUT2D eigenvalue weighted by molar-refractivity contribution is 0.0937. The van der Waals surface area contributed by atoms with Crippen molar-refractivity contribution in [3.63, 3.8) is 0 Å². The number of para-hydroxylation sites is 1. The van der Waals surface area contributed by atoms with Crippen LogP contribution in [0.15, 0.2) is 60.0 Å². The van der Waals surface area contributed by atoms with Crippen LogP contribution in [0, 0.1) is 17.1 Å². The Morgan fingerprint density at radius 2 is 1.92 bits per heavy atom. The SMILES string of the molecule is CC(=O)n1c2c(c3ccccc31)OC(N)=C(C#N)C2c1ccccc1F. The quantitative estimate of drug-likeness (QED) is 0.728. The minimum absolute atomic E-state index is 0.0768. The number of hydrogen-bond acceptors (Lipinski definition) is 4. The van der Waals surface area contributed by atoms with Gasteiger partial charge in [0.25, 0.3) is 0 Å². The second-order valence-electron chi connectivity index (χ2n) is 6.03. The molecule has 1 unspecified atom stereocenters. The average Bonchev–Trinajstić information content (AvgIpc) is 2.95. The van der Waals surface area contributed by atoms with E-state index in [2.05, 4.69) is 0 Å². The van der Waals surface area contributed by atoms with Gasteiger partial charge in [0.05, 0.1) is 17.1 Å². The van der Waals surface area contributed by atoms with Crippen LogP contribution in [0.5, 0.6) is 5.75 Å². The summed E-state index contributed by atoms with van der Waals surface area (Å²) in [7, 11) is 0. The Morgan fingerprint density at radius 3 is 2.62 bits per heavy atom. The number of nitrogens with zero attached hydrogens (tertiary/aromatic N) is 2. The molecule has 0 spiro atoms. The predicted octanol–water partition coefficient (Wildman–Crippen LogP) is 3.66. The highest BCUT2D eigenvalue weighted by Crippen LogP contribution is 2.47. The molecule has 2 heterocycles. The van der Waals surface area contributed by atoms with Crippen LogP contribution in [0.4, 0.5) is 4.39 Å². The monoisotopic (exact) mass is 347 g/mol. The van der Waals surface area contributed by atoms with Gasteiger partial charge in [0.1, 0.15) is 17.5 Å². The number of aromatic nitrogens is 1. The summed E-state index contributed by atoms with van der Waals surface area (Å²) < 4.78 is 21.8. The molecule has 0 bridgehead atoms. The molecule has 2 N–H and O–H groups in total. The van der Waals surface area contributed by atoms with Crippen molar-refractivity contribution in [1.82, 2.24) is 4.57 Å². The van der Waals surface area contributed by atoms with E-state index in [1.807, 2.05) is 12.1 Å². The highest BCUT2D eigenvalue weighted by molar-refractivity contribution is 5.98. The third-order valence-electron chi connectivity index (χ3n) is 4.55. The summed E-state index contributed by atoms with van der Waals surface area (Å²) in [6.07, 6.45) is 0. The predicted molar refractivity (Wildman–Crippen MR) is 93.9 cm³/mol. The number of rotatable bonds is 1. The van der Waals surface area contributed by atoms with Crippen LogP contribution in [0.2, 0.25) is 0 Å². The lowest BCUT2D eigenvalue weighted by Gasteiger charge is -2.26. The second kappa shape index (κ2) is 5.74. The Morgan fingerprint density at radius 1 is 1.23 bits per heavy atom. The molecule has 6 heteroatoms. The van der Waals surface area contributed by atoms with Gasteiger partial charge in [-0.15, -0.1) is 0 Å². The molecule has 3 aromatic rings. The zero-order valence-electron chi connectivity index (χ0n) is 13.9. The van der Waals surface area contributed by atoms with Crippen LogP contribution in [-0.2, 0) is 0 Å². The first-order valence-corrected chi connectivity index (χ1v) is 8.01. The van der Waals surface area contributed by atoms with Crippen LogP contribution >= 0.6 is 0 Å². The fraction of sp³-hybridized carbons (Fsp3) is 0.100. The van der Waals surface area contributed by atoms with E-state index in [0.717, 1.165) is 0 Å². The Hall–Kier alpha value is -3.59. The van der Waals surface area contributed by atoms with E-state index in [9.17, 15) is 14.4 Å². The molecule has 26 heavy (non-hydrogen) atoms. The van der Waals surface area contributed by atoms with Crippen molar-refractivity contribution in [2.45, 2.75) is 12.8 Å². The number of benzene rings is 2. The number of fused-ring (bicyclic) bond motifs is 3. The number of halogens is 1. The average molecular weight is 347 g/mol. The number of nitriles is 1. The molecule has 1 aliphatic heterocycles. The first-order valence-electron chi connectivity index (χ1n) is 8.01. The van der Waals surface area contributed by atoms with Gasteiger partial charge >= 0.3 is 0 Å². The molecular weight excluding hydrogens is 333 g/mol. The summed E-state index contributed by atoms with van der Waals surface area (Å²) in [5.74, 6) is -1.28. The fourth-order valence-corrected chi connectivity index (χ4v) is 3.51. The van der Waals surface area contributed by atoms with Gasteiger partial charge in [-0.25, -0.2) is 4.39 Å². The maximum absolute atomic E-state index is 14.6. The van der Waals surface area contributed by atoms with E-state index >= 15 is 0 Å². The Labute approximate surface area is 148 Å². The third kappa shape index (κ3) is 2.11. The molecule has 1 aromatic heterocycles. The molecule has 2 aromatic carbocycles. The zero-order valence-corrected chi connectivity index (χ0v) is 13.9. The van der Waals surface area contributed by atoms with Crippen molar-refractivity contribution in [3.8, 4) is 11.8 Å². The summed E-state index contributed by atoms with van der Waals surface area (Å²) in [5, 5.41) is 10.3. The van der Waals surface area contributed by atoms with Crippen LogP contribution in [0.25, 0.3) is 10.9 Å². The number of hydrogen-bond donors (Lipinski definition) is 1. The minimum atomic E-state index is -0.832. The molecule has 0 saturated heterocycles. The van der Waals surface area contributed by atoms with Crippen LogP contribution < -0.4 is 10.5 Å². The van der Waals surface area contributed by atoms with E-state index in [1.165, 1.54) is 17.6 Å². The van der Waals surface area contributed by atoms with Crippen molar-refractivity contribution in [2.75, 3.05) is 0 Å². The molecule has 0 fully saturated rings. The normalized spacial score (nSPS) is 16.1. The molecular formula is C20H14FN3O2. The molecule has 4 rings (SSSR count). The van der Waals surface area contributed by atoms with Gasteiger partial charge < -0.3 is 10.5 Å². The van der Waals surface area contributed by atoms with E-state index in [-0.39, 0.29) is 22.9 Å². The molecule has 0 amide bonds.